The molecular weight excluding hydrogens is 274 g/mol. The molecule has 0 amide bonds. The molecule has 106 valence electrons. The molecule has 5 nitrogen and oxygen atoms in total. The Morgan fingerprint density at radius 3 is 2.50 bits per heavy atom. The minimum atomic E-state index is -3.70. The van der Waals surface area contributed by atoms with Crippen LogP contribution < -0.4 is 10.5 Å². The van der Waals surface area contributed by atoms with Crippen molar-refractivity contribution in [3.63, 3.8) is 0 Å². The van der Waals surface area contributed by atoms with E-state index in [-0.39, 0.29) is 4.90 Å². The van der Waals surface area contributed by atoms with Gasteiger partial charge in [0.15, 0.2) is 0 Å². The van der Waals surface area contributed by atoms with Crippen molar-refractivity contribution in [2.75, 3.05) is 10.5 Å². The molecule has 0 spiro atoms. The minimum absolute atomic E-state index is 0.179. The van der Waals surface area contributed by atoms with Gasteiger partial charge in [-0.1, -0.05) is 6.07 Å². The summed E-state index contributed by atoms with van der Waals surface area (Å²) in [6, 6.07) is 8.51. The van der Waals surface area contributed by atoms with Crippen molar-refractivity contribution in [3.05, 3.63) is 47.2 Å². The normalized spacial score (nSPS) is 11.3. The van der Waals surface area contributed by atoms with Gasteiger partial charge < -0.3 is 5.73 Å². The van der Waals surface area contributed by atoms with E-state index < -0.39 is 10.0 Å². The van der Waals surface area contributed by atoms with Crippen molar-refractivity contribution in [3.8, 4) is 0 Å². The molecule has 0 atom stereocenters. The van der Waals surface area contributed by atoms with Crippen LogP contribution in [0.1, 0.15) is 16.8 Å². The Hall–Kier alpha value is -2.08. The van der Waals surface area contributed by atoms with Crippen molar-refractivity contribution in [2.45, 2.75) is 25.7 Å². The predicted molar refractivity (Wildman–Crippen MR) is 80.1 cm³/mol. The predicted octanol–water partition coefficient (Wildman–Crippen LogP) is 2.39. The highest BCUT2D eigenvalue weighted by Crippen LogP contribution is 2.24. The van der Waals surface area contributed by atoms with Crippen LogP contribution in [0.2, 0.25) is 0 Å². The number of rotatable bonds is 3. The van der Waals surface area contributed by atoms with Crippen LogP contribution in [0.3, 0.4) is 0 Å². The molecule has 0 saturated heterocycles. The van der Waals surface area contributed by atoms with Crippen LogP contribution in [-0.2, 0) is 10.0 Å². The fraction of sp³-hybridized carbons (Fsp3) is 0.214. The minimum Gasteiger partial charge on any atom is -0.398 e. The Morgan fingerprint density at radius 1 is 1.15 bits per heavy atom. The largest absolute Gasteiger partial charge is 0.398 e. The summed E-state index contributed by atoms with van der Waals surface area (Å²) in [4.78, 5) is 4.32. The van der Waals surface area contributed by atoms with Crippen LogP contribution in [0.15, 0.2) is 35.2 Å². The zero-order chi connectivity index (χ0) is 14.9. The van der Waals surface area contributed by atoms with E-state index in [0.717, 1.165) is 11.3 Å². The number of nitrogens with zero attached hydrogens (tertiary/aromatic N) is 1. The zero-order valence-electron chi connectivity index (χ0n) is 11.6. The fourth-order valence-corrected chi connectivity index (χ4v) is 3.29. The van der Waals surface area contributed by atoms with E-state index in [1.165, 1.54) is 0 Å². The molecule has 0 bridgehead atoms. The second-order valence-corrected chi connectivity index (χ2v) is 6.40. The van der Waals surface area contributed by atoms with E-state index in [1.54, 1.807) is 51.1 Å². The molecule has 2 rings (SSSR count). The average molecular weight is 291 g/mol. The Labute approximate surface area is 118 Å². The second kappa shape index (κ2) is 5.13. The van der Waals surface area contributed by atoms with Crippen molar-refractivity contribution in [1.29, 1.82) is 0 Å². The van der Waals surface area contributed by atoms with Crippen LogP contribution in [0, 0.1) is 20.8 Å². The van der Waals surface area contributed by atoms with Crippen molar-refractivity contribution < 1.29 is 8.42 Å². The molecule has 0 aliphatic carbocycles. The number of pyridine rings is 1. The number of benzene rings is 1. The van der Waals surface area contributed by atoms with E-state index in [4.69, 9.17) is 5.73 Å². The van der Waals surface area contributed by atoms with E-state index in [2.05, 4.69) is 9.71 Å². The van der Waals surface area contributed by atoms with E-state index >= 15 is 0 Å². The summed E-state index contributed by atoms with van der Waals surface area (Å²) in [5.41, 5.74) is 8.36. The molecule has 0 unspecified atom stereocenters. The maximum Gasteiger partial charge on any atom is 0.263 e. The van der Waals surface area contributed by atoms with Crippen LogP contribution in [0.4, 0.5) is 11.5 Å². The lowest BCUT2D eigenvalue weighted by atomic mass is 10.1. The van der Waals surface area contributed by atoms with E-state index in [1.807, 2.05) is 0 Å². The molecule has 0 aliphatic heterocycles. The Kier molecular flexibility index (Phi) is 3.67. The van der Waals surface area contributed by atoms with Gasteiger partial charge in [0.1, 0.15) is 5.82 Å². The average Bonchev–Trinajstić information content (AvgIpc) is 2.33. The van der Waals surface area contributed by atoms with Gasteiger partial charge in [0.25, 0.3) is 10.0 Å². The molecule has 20 heavy (non-hydrogen) atoms. The first-order chi connectivity index (χ1) is 9.29. The number of hydrogen-bond acceptors (Lipinski definition) is 4. The smallest absolute Gasteiger partial charge is 0.263 e. The molecular formula is C14H17N3O2S. The summed E-state index contributed by atoms with van der Waals surface area (Å²) in [5.74, 6) is 0.296. The van der Waals surface area contributed by atoms with Gasteiger partial charge in [-0.2, -0.15) is 0 Å². The lowest BCUT2D eigenvalue weighted by Gasteiger charge is -2.12. The first-order valence-corrected chi connectivity index (χ1v) is 7.61. The number of sulfonamides is 1. The van der Waals surface area contributed by atoms with Gasteiger partial charge in [-0.3, -0.25) is 4.72 Å². The molecule has 1 aromatic heterocycles. The van der Waals surface area contributed by atoms with Gasteiger partial charge in [-0.15, -0.1) is 0 Å². The van der Waals surface area contributed by atoms with E-state index in [0.29, 0.717) is 17.1 Å². The molecule has 1 heterocycles. The molecule has 0 radical (unpaired) electrons. The molecule has 3 N–H and O–H groups in total. The molecule has 1 aromatic carbocycles. The monoisotopic (exact) mass is 291 g/mol. The first kappa shape index (κ1) is 14.3. The molecule has 2 aromatic rings. The summed E-state index contributed by atoms with van der Waals surface area (Å²) in [6.07, 6.45) is 0. The van der Waals surface area contributed by atoms with Crippen LogP contribution >= 0.6 is 0 Å². The first-order valence-electron chi connectivity index (χ1n) is 6.13. The molecule has 0 fully saturated rings. The third kappa shape index (κ3) is 2.91. The summed E-state index contributed by atoms with van der Waals surface area (Å²) >= 11 is 0. The molecule has 6 heteroatoms. The van der Waals surface area contributed by atoms with Gasteiger partial charge in [0.05, 0.1) is 4.90 Å². The number of hydrogen-bond donors (Lipinski definition) is 2. The summed E-state index contributed by atoms with van der Waals surface area (Å²) < 4.78 is 27.3. The summed E-state index contributed by atoms with van der Waals surface area (Å²) in [6.45, 7) is 5.29. The Morgan fingerprint density at radius 2 is 1.85 bits per heavy atom. The van der Waals surface area contributed by atoms with E-state index in [9.17, 15) is 8.42 Å². The topological polar surface area (TPSA) is 85.1 Å². The van der Waals surface area contributed by atoms with Crippen molar-refractivity contribution >= 4 is 21.5 Å². The highest BCUT2D eigenvalue weighted by Gasteiger charge is 2.19. The molecule has 0 aliphatic rings. The third-order valence-electron chi connectivity index (χ3n) is 2.96. The number of nitrogens with two attached hydrogens (primary N) is 1. The lowest BCUT2D eigenvalue weighted by molar-refractivity contribution is 0.600. The zero-order valence-corrected chi connectivity index (χ0v) is 12.5. The van der Waals surface area contributed by atoms with Gasteiger partial charge in [-0.05, 0) is 56.2 Å². The standard InChI is InChI=1S/C14H17N3O2S/c1-9-7-12(15)11(3)13(8-9)20(18,19)17-14-6-4-5-10(2)16-14/h4-8H,15H2,1-3H3,(H,16,17). The maximum absolute atomic E-state index is 12.4. The number of aromatic nitrogens is 1. The summed E-state index contributed by atoms with van der Waals surface area (Å²) in [5, 5.41) is 0. The number of aryl methyl sites for hydroxylation is 2. The van der Waals surface area contributed by atoms with Gasteiger partial charge in [0.2, 0.25) is 0 Å². The summed E-state index contributed by atoms with van der Waals surface area (Å²) in [7, 11) is -3.70. The molecule has 0 saturated carbocycles. The van der Waals surface area contributed by atoms with Crippen LogP contribution in [0.25, 0.3) is 0 Å². The highest BCUT2D eigenvalue weighted by atomic mass is 32.2. The number of nitrogens with one attached hydrogen (secondary N) is 1. The van der Waals surface area contributed by atoms with Gasteiger partial charge >= 0.3 is 0 Å². The second-order valence-electron chi connectivity index (χ2n) is 4.75. The third-order valence-corrected chi connectivity index (χ3v) is 4.44. The number of nitrogen functional groups attached to an aromatic ring is 1. The van der Waals surface area contributed by atoms with Gasteiger partial charge in [0, 0.05) is 11.4 Å². The highest BCUT2D eigenvalue weighted by molar-refractivity contribution is 7.92. The van der Waals surface area contributed by atoms with Crippen LogP contribution in [0.5, 0.6) is 0 Å². The number of anilines is 2. The van der Waals surface area contributed by atoms with Crippen molar-refractivity contribution in [1.82, 2.24) is 4.98 Å². The lowest BCUT2D eigenvalue weighted by Crippen LogP contribution is -2.16. The Balaban J connectivity index is 2.46. The maximum atomic E-state index is 12.4. The van der Waals surface area contributed by atoms with Crippen molar-refractivity contribution in [2.24, 2.45) is 0 Å². The van der Waals surface area contributed by atoms with Gasteiger partial charge in [-0.25, -0.2) is 13.4 Å². The van der Waals surface area contributed by atoms with Crippen LogP contribution in [-0.4, -0.2) is 13.4 Å². The quantitative estimate of drug-likeness (QED) is 0.850. The fourth-order valence-electron chi connectivity index (χ4n) is 1.92. The Bertz CT molecular complexity index is 755. The SMILES string of the molecule is Cc1cc(N)c(C)c(S(=O)(=O)Nc2cccc(C)n2)c1.